The highest BCUT2D eigenvalue weighted by Crippen LogP contribution is 2.23. The number of aryl methyl sites for hydroxylation is 1. The third kappa shape index (κ3) is 4.44. The molecule has 7 nitrogen and oxygen atoms in total. The zero-order chi connectivity index (χ0) is 19.1. The zero-order valence-corrected chi connectivity index (χ0v) is 14.8. The van der Waals surface area contributed by atoms with E-state index in [1.54, 1.807) is 24.3 Å². The molecule has 0 radical (unpaired) electrons. The van der Waals surface area contributed by atoms with Gasteiger partial charge in [0.2, 0.25) is 5.78 Å². The van der Waals surface area contributed by atoms with E-state index in [2.05, 4.69) is 14.5 Å². The van der Waals surface area contributed by atoms with E-state index in [1.807, 2.05) is 0 Å². The lowest BCUT2D eigenvalue weighted by Crippen LogP contribution is -2.11. The molecule has 0 aliphatic rings. The first-order chi connectivity index (χ1) is 12.5. The van der Waals surface area contributed by atoms with Crippen molar-refractivity contribution in [2.75, 3.05) is 21.3 Å². The maximum Gasteiger partial charge on any atom is 0.356 e. The smallest absolute Gasteiger partial charge is 0.356 e. The van der Waals surface area contributed by atoms with E-state index in [4.69, 9.17) is 4.74 Å². The van der Waals surface area contributed by atoms with Crippen LogP contribution in [0.3, 0.4) is 0 Å². The molecule has 1 aromatic heterocycles. The van der Waals surface area contributed by atoms with Crippen molar-refractivity contribution in [3.63, 3.8) is 0 Å². The van der Waals surface area contributed by atoms with E-state index >= 15 is 0 Å². The van der Waals surface area contributed by atoms with Crippen molar-refractivity contribution in [3.8, 4) is 5.75 Å². The number of carbonyl (C=O) groups is 3. The predicted molar refractivity (Wildman–Crippen MR) is 92.3 cm³/mol. The number of hydrogen-bond donors (Lipinski definition) is 0. The summed E-state index contributed by atoms with van der Waals surface area (Å²) >= 11 is 0. The Hall–Kier alpha value is -3.22. The summed E-state index contributed by atoms with van der Waals surface area (Å²) in [7, 11) is 4.08. The summed E-state index contributed by atoms with van der Waals surface area (Å²) < 4.78 is 14.5. The average Bonchev–Trinajstić information content (AvgIpc) is 2.70. The first kappa shape index (κ1) is 19.1. The van der Waals surface area contributed by atoms with Gasteiger partial charge < -0.3 is 14.2 Å². The van der Waals surface area contributed by atoms with Crippen LogP contribution in [0.1, 0.15) is 38.5 Å². The molecule has 1 heterocycles. The fraction of sp³-hybridized carbons (Fsp3) is 0.263. The Morgan fingerprint density at radius 2 is 1.69 bits per heavy atom. The summed E-state index contributed by atoms with van der Waals surface area (Å²) in [5.74, 6) is -0.746. The van der Waals surface area contributed by atoms with Crippen LogP contribution in [0.4, 0.5) is 0 Å². The fourth-order valence-electron chi connectivity index (χ4n) is 2.38. The van der Waals surface area contributed by atoms with Crippen molar-refractivity contribution in [3.05, 3.63) is 58.9 Å². The van der Waals surface area contributed by atoms with Gasteiger partial charge in [-0.05, 0) is 42.3 Å². The first-order valence-electron chi connectivity index (χ1n) is 7.84. The molecule has 0 unspecified atom stereocenters. The van der Waals surface area contributed by atoms with Crippen LogP contribution in [0.15, 0.2) is 36.4 Å². The van der Waals surface area contributed by atoms with Crippen LogP contribution in [-0.2, 0) is 20.7 Å². The quantitative estimate of drug-likeness (QED) is 0.554. The van der Waals surface area contributed by atoms with Gasteiger partial charge in [-0.3, -0.25) is 9.59 Å². The van der Waals surface area contributed by atoms with Gasteiger partial charge in [0, 0.05) is 12.0 Å². The number of aromatic nitrogens is 1. The van der Waals surface area contributed by atoms with Crippen LogP contribution in [0, 0.1) is 0 Å². The Morgan fingerprint density at radius 1 is 0.962 bits per heavy atom. The monoisotopic (exact) mass is 357 g/mol. The molecule has 2 rings (SSSR count). The van der Waals surface area contributed by atoms with Gasteiger partial charge in [-0.15, -0.1) is 0 Å². The summed E-state index contributed by atoms with van der Waals surface area (Å²) in [5, 5.41) is 0. The molecule has 26 heavy (non-hydrogen) atoms. The minimum atomic E-state index is -0.617. The summed E-state index contributed by atoms with van der Waals surface area (Å²) in [5.41, 5.74) is 1.25. The largest absolute Gasteiger partial charge is 0.496 e. The maximum absolute atomic E-state index is 12.7. The molecule has 0 saturated heterocycles. The van der Waals surface area contributed by atoms with Crippen LogP contribution in [0.5, 0.6) is 5.75 Å². The molecule has 0 spiro atoms. The highest BCUT2D eigenvalue weighted by atomic mass is 16.5. The topological polar surface area (TPSA) is 91.8 Å². The number of carbonyl (C=O) groups excluding carboxylic acids is 3. The molecule has 0 aliphatic carbocycles. The molecule has 0 atom stereocenters. The van der Waals surface area contributed by atoms with Crippen molar-refractivity contribution in [1.29, 1.82) is 0 Å². The summed E-state index contributed by atoms with van der Waals surface area (Å²) in [6.07, 6.45) is 0.535. The van der Waals surface area contributed by atoms with Crippen LogP contribution in [-0.4, -0.2) is 44.0 Å². The molecule has 7 heteroatoms. The molecular formula is C19H19NO6. The van der Waals surface area contributed by atoms with E-state index in [0.29, 0.717) is 23.3 Å². The van der Waals surface area contributed by atoms with Gasteiger partial charge in [0.25, 0.3) is 0 Å². The zero-order valence-electron chi connectivity index (χ0n) is 14.8. The minimum absolute atomic E-state index is 0.0535. The van der Waals surface area contributed by atoms with Gasteiger partial charge in [-0.2, -0.15) is 0 Å². The molecular weight excluding hydrogens is 338 g/mol. The Labute approximate surface area is 150 Å². The molecule has 136 valence electrons. The van der Waals surface area contributed by atoms with Gasteiger partial charge in [0.15, 0.2) is 0 Å². The average molecular weight is 357 g/mol. The molecule has 0 fully saturated rings. The third-order valence-corrected chi connectivity index (χ3v) is 3.74. The van der Waals surface area contributed by atoms with Crippen LogP contribution in [0.2, 0.25) is 0 Å². The molecule has 0 N–H and O–H groups in total. The highest BCUT2D eigenvalue weighted by Gasteiger charge is 2.16. The predicted octanol–water partition coefficient (Wildman–Crippen LogP) is 2.21. The highest BCUT2D eigenvalue weighted by molar-refractivity contribution is 6.08. The number of nitrogens with zero attached hydrogens (tertiary/aromatic N) is 1. The first-order valence-corrected chi connectivity index (χ1v) is 7.84. The van der Waals surface area contributed by atoms with Crippen molar-refractivity contribution in [2.24, 2.45) is 0 Å². The van der Waals surface area contributed by atoms with Crippen molar-refractivity contribution in [2.45, 2.75) is 12.8 Å². The minimum Gasteiger partial charge on any atom is -0.496 e. The number of pyridine rings is 1. The van der Waals surface area contributed by atoms with E-state index in [1.165, 1.54) is 33.5 Å². The molecule has 2 aromatic rings. The lowest BCUT2D eigenvalue weighted by molar-refractivity contribution is -0.140. The number of esters is 2. The van der Waals surface area contributed by atoms with E-state index in [9.17, 15) is 14.4 Å². The number of ketones is 1. The van der Waals surface area contributed by atoms with Crippen molar-refractivity contribution < 1.29 is 28.6 Å². The molecule has 0 amide bonds. The second kappa shape index (κ2) is 8.75. The summed E-state index contributed by atoms with van der Waals surface area (Å²) in [4.78, 5) is 39.7. The van der Waals surface area contributed by atoms with E-state index in [0.717, 1.165) is 0 Å². The van der Waals surface area contributed by atoms with E-state index < -0.39 is 5.97 Å². The van der Waals surface area contributed by atoms with Crippen LogP contribution < -0.4 is 4.74 Å². The lowest BCUT2D eigenvalue weighted by atomic mass is 10.0. The summed E-state index contributed by atoms with van der Waals surface area (Å²) in [6, 6.07) is 9.47. The Balaban J connectivity index is 2.31. The molecule has 0 aliphatic heterocycles. The van der Waals surface area contributed by atoms with Crippen LogP contribution >= 0.6 is 0 Å². The van der Waals surface area contributed by atoms with Gasteiger partial charge in [-0.25, -0.2) is 9.78 Å². The summed E-state index contributed by atoms with van der Waals surface area (Å²) in [6.45, 7) is 0. The van der Waals surface area contributed by atoms with E-state index in [-0.39, 0.29) is 29.6 Å². The SMILES string of the molecule is COC(=O)CCc1cc(C(=O)c2cccc(C(=O)OC)n2)ccc1OC. The number of rotatable bonds is 7. The second-order valence-electron chi connectivity index (χ2n) is 5.33. The third-order valence-electron chi connectivity index (χ3n) is 3.74. The Bertz CT molecular complexity index is 831. The number of ether oxygens (including phenoxy) is 3. The van der Waals surface area contributed by atoms with Crippen LogP contribution in [0.25, 0.3) is 0 Å². The van der Waals surface area contributed by atoms with Gasteiger partial charge in [0.05, 0.1) is 21.3 Å². The normalized spacial score (nSPS) is 10.1. The second-order valence-corrected chi connectivity index (χ2v) is 5.33. The Kier molecular flexibility index (Phi) is 6.43. The molecule has 0 saturated carbocycles. The van der Waals surface area contributed by atoms with Gasteiger partial charge in [0.1, 0.15) is 17.1 Å². The lowest BCUT2D eigenvalue weighted by Gasteiger charge is -2.10. The van der Waals surface area contributed by atoms with Gasteiger partial charge >= 0.3 is 11.9 Å². The Morgan fingerprint density at radius 3 is 2.35 bits per heavy atom. The van der Waals surface area contributed by atoms with Crippen molar-refractivity contribution in [1.82, 2.24) is 4.98 Å². The van der Waals surface area contributed by atoms with Gasteiger partial charge in [-0.1, -0.05) is 6.07 Å². The molecule has 1 aromatic carbocycles. The molecule has 0 bridgehead atoms. The van der Waals surface area contributed by atoms with Crippen molar-refractivity contribution >= 4 is 17.7 Å². The number of benzene rings is 1. The number of hydrogen-bond acceptors (Lipinski definition) is 7. The number of methoxy groups -OCH3 is 3. The maximum atomic E-state index is 12.7. The fourth-order valence-corrected chi connectivity index (χ4v) is 2.38. The standard InChI is InChI=1S/C19H19NO6/c1-24-16-9-7-13(11-12(16)8-10-17(21)25-2)18(22)14-5-4-6-15(20-14)19(23)26-3/h4-7,9,11H,8,10H2,1-3H3.